The van der Waals surface area contributed by atoms with E-state index in [0.717, 1.165) is 16.7 Å². The maximum absolute atomic E-state index is 5.50. The molecule has 1 aromatic rings. The van der Waals surface area contributed by atoms with Crippen LogP contribution in [0.25, 0.3) is 0 Å². The molecule has 3 rings (SSSR count). The lowest BCUT2D eigenvalue weighted by Gasteiger charge is -2.32. The number of nitrogens with one attached hydrogen (secondary N) is 2. The number of aryl methyl sites for hydroxylation is 1. The molecule has 2 aliphatic rings. The summed E-state index contributed by atoms with van der Waals surface area (Å²) < 4.78 is 0. The zero-order valence-electron chi connectivity index (χ0n) is 11.5. The minimum absolute atomic E-state index is 0.300. The van der Waals surface area contributed by atoms with Crippen molar-refractivity contribution in [3.63, 3.8) is 0 Å². The van der Waals surface area contributed by atoms with Gasteiger partial charge in [-0.2, -0.15) is 0 Å². The van der Waals surface area contributed by atoms with Gasteiger partial charge in [0.1, 0.15) is 0 Å². The Hall–Kier alpha value is -1.09. The van der Waals surface area contributed by atoms with Crippen LogP contribution in [-0.2, 0) is 0 Å². The van der Waals surface area contributed by atoms with Gasteiger partial charge in [-0.15, -0.1) is 0 Å². The molecule has 0 radical (unpaired) electrons. The monoisotopic (exact) mass is 274 g/mol. The van der Waals surface area contributed by atoms with Crippen molar-refractivity contribution in [1.29, 1.82) is 0 Å². The fourth-order valence-electron chi connectivity index (χ4n) is 3.30. The van der Waals surface area contributed by atoms with Gasteiger partial charge in [-0.3, -0.25) is 0 Å². The molecule has 102 valence electrons. The highest BCUT2D eigenvalue weighted by Crippen LogP contribution is 2.48. The fourth-order valence-corrected chi connectivity index (χ4v) is 3.62. The second-order valence-corrected chi connectivity index (χ2v) is 6.49. The van der Waals surface area contributed by atoms with Crippen molar-refractivity contribution < 1.29 is 0 Å². The first kappa shape index (κ1) is 12.9. The van der Waals surface area contributed by atoms with Crippen LogP contribution in [0.1, 0.15) is 44.1 Å². The van der Waals surface area contributed by atoms with E-state index >= 15 is 0 Å². The average Bonchev–Trinajstić information content (AvgIpc) is 3.15. The smallest absolute Gasteiger partial charge is 0.171 e. The Morgan fingerprint density at radius 2 is 1.79 bits per heavy atom. The van der Waals surface area contributed by atoms with Crippen LogP contribution in [0.2, 0.25) is 0 Å². The van der Waals surface area contributed by atoms with Crippen molar-refractivity contribution in [2.75, 3.05) is 5.32 Å². The topological polar surface area (TPSA) is 24.1 Å². The minimum Gasteiger partial charge on any atom is -0.357 e. The van der Waals surface area contributed by atoms with Crippen molar-refractivity contribution in [2.24, 2.45) is 5.92 Å². The van der Waals surface area contributed by atoms with E-state index in [2.05, 4.69) is 41.8 Å². The lowest BCUT2D eigenvalue weighted by molar-refractivity contribution is 0.340. The highest BCUT2D eigenvalue weighted by Gasteiger charge is 2.47. The molecule has 0 spiro atoms. The van der Waals surface area contributed by atoms with Crippen molar-refractivity contribution in [1.82, 2.24) is 5.32 Å². The summed E-state index contributed by atoms with van der Waals surface area (Å²) in [6.07, 6.45) is 8.01. The van der Waals surface area contributed by atoms with Gasteiger partial charge in [0.2, 0.25) is 0 Å². The van der Waals surface area contributed by atoms with Crippen LogP contribution in [0, 0.1) is 12.8 Å². The molecule has 0 amide bonds. The van der Waals surface area contributed by atoms with Crippen LogP contribution in [0.4, 0.5) is 5.69 Å². The second-order valence-electron chi connectivity index (χ2n) is 6.08. The zero-order valence-corrected chi connectivity index (χ0v) is 12.4. The summed E-state index contributed by atoms with van der Waals surface area (Å²) in [5, 5.41) is 7.75. The summed E-state index contributed by atoms with van der Waals surface area (Å²) in [7, 11) is 0. The third-order valence-electron chi connectivity index (χ3n) is 4.53. The van der Waals surface area contributed by atoms with Crippen LogP contribution < -0.4 is 10.6 Å². The van der Waals surface area contributed by atoms with E-state index in [-0.39, 0.29) is 0 Å². The van der Waals surface area contributed by atoms with Crippen LogP contribution in [0.5, 0.6) is 0 Å². The third-order valence-corrected chi connectivity index (χ3v) is 4.73. The van der Waals surface area contributed by atoms with Crippen LogP contribution in [0.15, 0.2) is 24.3 Å². The molecular formula is C16H22N2S. The first-order valence-corrected chi connectivity index (χ1v) is 7.75. The predicted octanol–water partition coefficient (Wildman–Crippen LogP) is 4.00. The lowest BCUT2D eigenvalue weighted by Crippen LogP contribution is -2.49. The molecule has 0 unspecified atom stereocenters. The van der Waals surface area contributed by atoms with Crippen molar-refractivity contribution >= 4 is 23.0 Å². The lowest BCUT2D eigenvalue weighted by atomic mass is 9.91. The van der Waals surface area contributed by atoms with Crippen LogP contribution in [0.3, 0.4) is 0 Å². The van der Waals surface area contributed by atoms with E-state index < -0.39 is 0 Å². The Kier molecular flexibility index (Phi) is 3.48. The second kappa shape index (κ2) is 5.12. The highest BCUT2D eigenvalue weighted by molar-refractivity contribution is 7.80. The van der Waals surface area contributed by atoms with Crippen molar-refractivity contribution in [3.05, 3.63) is 29.8 Å². The Morgan fingerprint density at radius 1 is 1.16 bits per heavy atom. The molecular weight excluding hydrogens is 252 g/mol. The zero-order chi connectivity index (χ0) is 13.3. The van der Waals surface area contributed by atoms with E-state index in [1.807, 2.05) is 0 Å². The molecule has 0 aliphatic heterocycles. The number of rotatable bonds is 3. The van der Waals surface area contributed by atoms with Crippen LogP contribution >= 0.6 is 12.2 Å². The Bertz CT molecular complexity index is 456. The standard InChI is InChI=1S/C16H22N2S/c1-12-4-8-14(9-5-12)17-15(19)18-16(13-6-7-13)10-2-3-11-16/h4-5,8-9,13H,2-3,6-7,10-11H2,1H3,(H2,17,18,19). The molecule has 19 heavy (non-hydrogen) atoms. The molecule has 2 N–H and O–H groups in total. The molecule has 2 nitrogen and oxygen atoms in total. The number of benzene rings is 1. The van der Waals surface area contributed by atoms with Gasteiger partial charge >= 0.3 is 0 Å². The summed E-state index contributed by atoms with van der Waals surface area (Å²) in [6.45, 7) is 2.10. The van der Waals surface area contributed by atoms with E-state index in [9.17, 15) is 0 Å². The minimum atomic E-state index is 0.300. The van der Waals surface area contributed by atoms with E-state index in [4.69, 9.17) is 12.2 Å². The number of thiocarbonyl (C=S) groups is 1. The molecule has 2 saturated carbocycles. The Balaban J connectivity index is 1.62. The summed E-state index contributed by atoms with van der Waals surface area (Å²) in [5.41, 5.74) is 2.65. The molecule has 0 atom stereocenters. The average molecular weight is 274 g/mol. The third kappa shape index (κ3) is 2.92. The molecule has 0 aromatic heterocycles. The number of hydrogen-bond donors (Lipinski definition) is 2. The van der Waals surface area contributed by atoms with E-state index in [1.54, 1.807) is 0 Å². The Labute approximate surface area is 121 Å². The van der Waals surface area contributed by atoms with E-state index in [1.165, 1.54) is 44.1 Å². The normalized spacial score (nSPS) is 21.1. The molecule has 0 saturated heterocycles. The highest BCUT2D eigenvalue weighted by atomic mass is 32.1. The largest absolute Gasteiger partial charge is 0.357 e. The van der Waals surface area contributed by atoms with Gasteiger partial charge in [0.15, 0.2) is 5.11 Å². The van der Waals surface area contributed by atoms with Gasteiger partial charge in [0, 0.05) is 11.2 Å². The van der Waals surface area contributed by atoms with Gasteiger partial charge in [-0.1, -0.05) is 30.5 Å². The predicted molar refractivity (Wildman–Crippen MR) is 84.5 cm³/mol. The van der Waals surface area contributed by atoms with Crippen molar-refractivity contribution in [3.8, 4) is 0 Å². The molecule has 2 aliphatic carbocycles. The first-order chi connectivity index (χ1) is 9.18. The molecule has 0 heterocycles. The summed E-state index contributed by atoms with van der Waals surface area (Å²) in [4.78, 5) is 0. The van der Waals surface area contributed by atoms with Crippen LogP contribution in [-0.4, -0.2) is 10.7 Å². The van der Waals surface area contributed by atoms with Gasteiger partial charge in [0.25, 0.3) is 0 Å². The molecule has 1 aromatic carbocycles. The number of anilines is 1. The van der Waals surface area contributed by atoms with Gasteiger partial charge in [0.05, 0.1) is 0 Å². The first-order valence-electron chi connectivity index (χ1n) is 7.34. The summed E-state index contributed by atoms with van der Waals surface area (Å²) in [6, 6.07) is 8.39. The van der Waals surface area contributed by atoms with Gasteiger partial charge in [-0.05, 0) is 62.9 Å². The quantitative estimate of drug-likeness (QED) is 0.815. The fraction of sp³-hybridized carbons (Fsp3) is 0.562. The summed E-state index contributed by atoms with van der Waals surface area (Å²) in [5.74, 6) is 0.854. The van der Waals surface area contributed by atoms with E-state index in [0.29, 0.717) is 5.54 Å². The molecule has 3 heteroatoms. The van der Waals surface area contributed by atoms with Gasteiger partial charge in [-0.25, -0.2) is 0 Å². The maximum Gasteiger partial charge on any atom is 0.171 e. The molecule has 2 fully saturated rings. The maximum atomic E-state index is 5.50. The van der Waals surface area contributed by atoms with Crippen molar-refractivity contribution in [2.45, 2.75) is 51.0 Å². The Morgan fingerprint density at radius 3 is 2.37 bits per heavy atom. The summed E-state index contributed by atoms with van der Waals surface area (Å²) >= 11 is 5.50. The SMILES string of the molecule is Cc1ccc(NC(=S)NC2(C3CC3)CCCC2)cc1. The van der Waals surface area contributed by atoms with Gasteiger partial charge < -0.3 is 10.6 Å². The number of hydrogen-bond acceptors (Lipinski definition) is 1. The molecule has 0 bridgehead atoms.